The van der Waals surface area contributed by atoms with Crippen molar-refractivity contribution in [1.82, 2.24) is 0 Å². The van der Waals surface area contributed by atoms with Crippen LogP contribution in [-0.2, 0) is 11.8 Å². The molecule has 0 radical (unpaired) electrons. The lowest BCUT2D eigenvalue weighted by Crippen LogP contribution is -2.04. The zero-order chi connectivity index (χ0) is 9.80. The van der Waals surface area contributed by atoms with E-state index in [-0.39, 0.29) is 0 Å². The van der Waals surface area contributed by atoms with Gasteiger partial charge in [-0.3, -0.25) is 0 Å². The fourth-order valence-corrected chi connectivity index (χ4v) is 3.49. The molecule has 0 nitrogen and oxygen atoms in total. The molecule has 14 heavy (non-hydrogen) atoms. The summed E-state index contributed by atoms with van der Waals surface area (Å²) >= 11 is 5.57. The molecule has 0 bridgehead atoms. The van der Waals surface area contributed by atoms with Crippen LogP contribution in [-0.4, -0.2) is 0 Å². The maximum atomic E-state index is 5.57. The lowest BCUT2D eigenvalue weighted by molar-refractivity contribution is 1.76. The molecule has 0 aromatic heterocycles. The largest absolute Gasteiger partial charge is 0.0910 e. The molecule has 0 aliphatic carbocycles. The predicted molar refractivity (Wildman–Crippen MR) is 67.8 cm³/mol. The standard InChI is InChI=1S/C12H11PS/c14-13(11-7-3-1-4-8-11)12-9-5-2-6-10-12/h1-10,13H. The summed E-state index contributed by atoms with van der Waals surface area (Å²) in [4.78, 5) is 0. The summed E-state index contributed by atoms with van der Waals surface area (Å²) in [6.45, 7) is -0.961. The van der Waals surface area contributed by atoms with Crippen LogP contribution in [0.25, 0.3) is 0 Å². The second kappa shape index (κ2) is 4.54. The van der Waals surface area contributed by atoms with Crippen molar-refractivity contribution in [3.63, 3.8) is 0 Å². The van der Waals surface area contributed by atoms with Crippen LogP contribution in [0.2, 0.25) is 0 Å². The molecule has 0 aliphatic heterocycles. The molecule has 70 valence electrons. The third kappa shape index (κ3) is 2.12. The Morgan fingerprint density at radius 3 is 1.36 bits per heavy atom. The van der Waals surface area contributed by atoms with Crippen molar-refractivity contribution >= 4 is 29.1 Å². The molecule has 0 spiro atoms. The Kier molecular flexibility index (Phi) is 3.13. The molecule has 0 atom stereocenters. The van der Waals surface area contributed by atoms with Crippen LogP contribution in [0, 0.1) is 0 Å². The van der Waals surface area contributed by atoms with Gasteiger partial charge in [0.05, 0.1) is 0 Å². The first-order chi connectivity index (χ1) is 6.88. The minimum Gasteiger partial charge on any atom is -0.0910 e. The highest BCUT2D eigenvalue weighted by Gasteiger charge is 1.99. The van der Waals surface area contributed by atoms with E-state index >= 15 is 0 Å². The van der Waals surface area contributed by atoms with Crippen molar-refractivity contribution in [2.75, 3.05) is 0 Å². The van der Waals surface area contributed by atoms with Gasteiger partial charge in [-0.2, -0.15) is 0 Å². The van der Waals surface area contributed by atoms with Gasteiger partial charge in [0.25, 0.3) is 0 Å². The number of hydrogen-bond acceptors (Lipinski definition) is 1. The van der Waals surface area contributed by atoms with E-state index in [2.05, 4.69) is 48.5 Å². The SMILES string of the molecule is S=[PH](c1ccccc1)c1ccccc1. The molecule has 0 heterocycles. The van der Waals surface area contributed by atoms with Crippen LogP contribution in [0.3, 0.4) is 0 Å². The van der Waals surface area contributed by atoms with Gasteiger partial charge in [0, 0.05) is 0 Å². The topological polar surface area (TPSA) is 0 Å². The molecule has 0 saturated carbocycles. The average molecular weight is 218 g/mol. The summed E-state index contributed by atoms with van der Waals surface area (Å²) in [6.07, 6.45) is 0. The first-order valence-corrected chi connectivity index (χ1v) is 7.16. The summed E-state index contributed by atoms with van der Waals surface area (Å²) in [5.41, 5.74) is 0. The molecular weight excluding hydrogens is 207 g/mol. The highest BCUT2D eigenvalue weighted by molar-refractivity contribution is 8.12. The fraction of sp³-hybridized carbons (Fsp3) is 0. The van der Waals surface area contributed by atoms with Crippen LogP contribution < -0.4 is 10.6 Å². The van der Waals surface area contributed by atoms with Crippen molar-refractivity contribution in [3.8, 4) is 0 Å². The van der Waals surface area contributed by atoms with Gasteiger partial charge in [-0.25, -0.2) is 0 Å². The van der Waals surface area contributed by atoms with E-state index in [9.17, 15) is 0 Å². The average Bonchev–Trinajstić information content (AvgIpc) is 2.30. The summed E-state index contributed by atoms with van der Waals surface area (Å²) in [5, 5.41) is 2.58. The molecule has 0 aliphatic rings. The Morgan fingerprint density at radius 2 is 1.00 bits per heavy atom. The van der Waals surface area contributed by atoms with Crippen LogP contribution in [0.15, 0.2) is 60.7 Å². The number of benzene rings is 2. The smallest absolute Gasteiger partial charge is 0.00160 e. The minimum atomic E-state index is -0.961. The normalized spacial score (nSPS) is 10.4. The molecule has 0 fully saturated rings. The van der Waals surface area contributed by atoms with E-state index in [1.165, 1.54) is 10.6 Å². The summed E-state index contributed by atoms with van der Waals surface area (Å²) in [5.74, 6) is 0. The molecule has 0 unspecified atom stereocenters. The monoisotopic (exact) mass is 218 g/mol. The molecule has 0 saturated heterocycles. The molecule has 2 rings (SSSR count). The highest BCUT2D eigenvalue weighted by Crippen LogP contribution is 2.18. The lowest BCUT2D eigenvalue weighted by Gasteiger charge is -2.04. The van der Waals surface area contributed by atoms with E-state index in [0.717, 1.165) is 0 Å². The van der Waals surface area contributed by atoms with Crippen molar-refractivity contribution in [3.05, 3.63) is 60.7 Å². The van der Waals surface area contributed by atoms with Gasteiger partial charge >= 0.3 is 0 Å². The Balaban J connectivity index is 2.35. The first-order valence-electron chi connectivity index (χ1n) is 4.53. The summed E-state index contributed by atoms with van der Waals surface area (Å²) < 4.78 is 0. The highest BCUT2D eigenvalue weighted by atomic mass is 32.4. The molecule has 0 N–H and O–H groups in total. The van der Waals surface area contributed by atoms with Gasteiger partial charge in [0.1, 0.15) is 0 Å². The first kappa shape index (κ1) is 9.64. The zero-order valence-corrected chi connectivity index (χ0v) is 9.50. The fourth-order valence-electron chi connectivity index (χ4n) is 1.35. The van der Waals surface area contributed by atoms with Gasteiger partial charge < -0.3 is 0 Å². The zero-order valence-electron chi connectivity index (χ0n) is 7.68. The summed E-state index contributed by atoms with van der Waals surface area (Å²) in [7, 11) is 0. The van der Waals surface area contributed by atoms with Crippen LogP contribution in [0.5, 0.6) is 0 Å². The van der Waals surface area contributed by atoms with Crippen LogP contribution in [0.1, 0.15) is 0 Å². The van der Waals surface area contributed by atoms with Crippen molar-refractivity contribution in [1.29, 1.82) is 0 Å². The van der Waals surface area contributed by atoms with E-state index in [1.54, 1.807) is 0 Å². The lowest BCUT2D eigenvalue weighted by atomic mass is 10.4. The van der Waals surface area contributed by atoms with Crippen molar-refractivity contribution in [2.45, 2.75) is 0 Å². The van der Waals surface area contributed by atoms with E-state index in [1.807, 2.05) is 12.1 Å². The quantitative estimate of drug-likeness (QED) is 0.697. The second-order valence-corrected chi connectivity index (χ2v) is 6.10. The Morgan fingerprint density at radius 1 is 0.643 bits per heavy atom. The predicted octanol–water partition coefficient (Wildman–Crippen LogP) is 2.31. The molecule has 2 aromatic carbocycles. The van der Waals surface area contributed by atoms with Crippen molar-refractivity contribution < 1.29 is 0 Å². The van der Waals surface area contributed by atoms with Gasteiger partial charge in [0.2, 0.25) is 0 Å². The number of hydrogen-bond donors (Lipinski definition) is 0. The van der Waals surface area contributed by atoms with Crippen LogP contribution >= 0.6 is 6.70 Å². The van der Waals surface area contributed by atoms with E-state index in [0.29, 0.717) is 0 Å². The maximum absolute atomic E-state index is 5.57. The Labute approximate surface area is 90.0 Å². The number of rotatable bonds is 2. The van der Waals surface area contributed by atoms with Crippen LogP contribution in [0.4, 0.5) is 0 Å². The second-order valence-electron chi connectivity index (χ2n) is 3.06. The Bertz CT molecular complexity index is 381. The maximum Gasteiger partial charge on any atom is -0.00160 e. The Hall–Kier alpha value is -0.910. The molecule has 0 amide bonds. The third-order valence-electron chi connectivity index (χ3n) is 2.07. The van der Waals surface area contributed by atoms with E-state index < -0.39 is 6.70 Å². The molecule has 2 aromatic rings. The third-order valence-corrected chi connectivity index (χ3v) is 5.20. The minimum absolute atomic E-state index is 0.961. The molecular formula is C12H11PS. The van der Waals surface area contributed by atoms with Gasteiger partial charge in [-0.05, 0) is 17.3 Å². The summed E-state index contributed by atoms with van der Waals surface area (Å²) in [6, 6.07) is 20.7. The van der Waals surface area contributed by atoms with Gasteiger partial charge in [-0.15, -0.1) is 0 Å². The van der Waals surface area contributed by atoms with E-state index in [4.69, 9.17) is 11.8 Å². The van der Waals surface area contributed by atoms with Gasteiger partial charge in [-0.1, -0.05) is 72.5 Å². The van der Waals surface area contributed by atoms with Crippen molar-refractivity contribution in [2.24, 2.45) is 0 Å². The van der Waals surface area contributed by atoms with Gasteiger partial charge in [0.15, 0.2) is 0 Å². The molecule has 2 heteroatoms.